The molecule has 0 heterocycles. The zero-order valence-corrected chi connectivity index (χ0v) is 12.4. The topological polar surface area (TPSA) is 17.1 Å². The molecule has 1 aromatic rings. The molecule has 14 heavy (non-hydrogen) atoms. The molecule has 0 amide bonds. The van der Waals surface area contributed by atoms with Crippen LogP contribution in [0.15, 0.2) is 30.3 Å². The van der Waals surface area contributed by atoms with Crippen LogP contribution in [0.5, 0.6) is 0 Å². The maximum absolute atomic E-state index is 11.4. The zero-order valence-electron chi connectivity index (χ0n) is 8.34. The van der Waals surface area contributed by atoms with E-state index in [0.717, 1.165) is 5.56 Å². The Labute approximate surface area is 106 Å². The predicted molar refractivity (Wildman–Crippen MR) is 65.7 cm³/mol. The summed E-state index contributed by atoms with van der Waals surface area (Å²) in [5.41, 5.74) is 0.870. The first-order valence-electron chi connectivity index (χ1n) is 4.34. The normalized spacial score (nSPS) is 8.00. The maximum atomic E-state index is 11.4. The molecule has 0 fully saturated rings. The van der Waals surface area contributed by atoms with E-state index in [1.165, 1.54) is 0 Å². The molecule has 0 spiro atoms. The first-order chi connectivity index (χ1) is 6.63. The van der Waals surface area contributed by atoms with Gasteiger partial charge in [-0.1, -0.05) is 41.9 Å². The molecule has 0 aliphatic rings. The van der Waals surface area contributed by atoms with Gasteiger partial charge in [0.2, 0.25) is 0 Å². The van der Waals surface area contributed by atoms with Gasteiger partial charge in [-0.2, -0.15) is 0 Å². The Bertz CT molecular complexity index is 267. The third-order valence-corrected chi connectivity index (χ3v) is 2.96. The molecule has 0 radical (unpaired) electrons. The second-order valence-electron chi connectivity index (χ2n) is 2.99. The molecule has 0 saturated carbocycles. The molecule has 5 heteroatoms. The summed E-state index contributed by atoms with van der Waals surface area (Å²) < 4.78 is 0.352. The van der Waals surface area contributed by atoms with Crippen molar-refractivity contribution in [2.45, 2.75) is 11.6 Å². The van der Waals surface area contributed by atoms with Crippen molar-refractivity contribution < 1.29 is 4.79 Å². The van der Waals surface area contributed by atoms with E-state index in [0.29, 0.717) is 4.65 Å². The summed E-state index contributed by atoms with van der Waals surface area (Å²) in [4.78, 5) is 11.4. The van der Waals surface area contributed by atoms with Crippen LogP contribution in [-0.4, -0.2) is 37.0 Å². The van der Waals surface area contributed by atoms with E-state index >= 15 is 0 Å². The van der Waals surface area contributed by atoms with Gasteiger partial charge in [-0.05, 0) is 5.56 Å². The molecule has 0 aliphatic carbocycles. The minimum absolute atomic E-state index is 0.352. The lowest BCUT2D eigenvalue weighted by atomic mass is 10.2. The largest absolute Gasteiger partial charge is 0.618 e. The van der Waals surface area contributed by atoms with Crippen molar-refractivity contribution in [3.05, 3.63) is 35.9 Å². The van der Waals surface area contributed by atoms with Gasteiger partial charge < -0.3 is 22.9 Å². The van der Waals surface area contributed by atoms with Crippen molar-refractivity contribution in [1.29, 1.82) is 0 Å². The highest BCUT2D eigenvalue weighted by molar-refractivity contribution is 7.22. The van der Waals surface area contributed by atoms with E-state index < -0.39 is 32.3 Å². The molecule has 1 nitrogen and oxygen atoms in total. The molecule has 0 aromatic heterocycles. The second kappa shape index (κ2) is 9.03. The second-order valence-corrected chi connectivity index (χ2v) is 8.45. The summed E-state index contributed by atoms with van der Waals surface area (Å²) in [6.07, 6.45) is 0. The minimum Gasteiger partial charge on any atom is -0.316 e. The summed E-state index contributed by atoms with van der Waals surface area (Å²) >= 11 is -1.77. The van der Waals surface area contributed by atoms with E-state index in [1.807, 2.05) is 30.3 Å². The first-order valence-corrected chi connectivity index (χ1v) is 11.5. The van der Waals surface area contributed by atoms with Gasteiger partial charge in [0, 0.05) is 0 Å². The molecule has 0 saturated heterocycles. The maximum Gasteiger partial charge on any atom is 0.618 e. The van der Waals surface area contributed by atoms with Crippen LogP contribution in [0.3, 0.4) is 0 Å². The number of halogens is 2. The van der Waals surface area contributed by atoms with Gasteiger partial charge in [-0.15, -0.1) is 0 Å². The Morgan fingerprint density at radius 3 is 2.00 bits per heavy atom. The molecule has 0 bridgehead atoms. The average Bonchev–Trinajstić information content (AvgIpc) is 2.19. The number of hydrogen-bond acceptors (Lipinski definition) is 1. The van der Waals surface area contributed by atoms with Gasteiger partial charge in [0.15, 0.2) is 0 Å². The van der Waals surface area contributed by atoms with Crippen molar-refractivity contribution >= 4 is 55.1 Å². The van der Waals surface area contributed by atoms with Crippen molar-refractivity contribution in [1.82, 2.24) is 0 Å². The Kier molecular flexibility index (Phi) is 9.52. The van der Waals surface area contributed by atoms with Crippen LogP contribution in [-0.2, 0) is 0 Å². The van der Waals surface area contributed by atoms with E-state index in [4.69, 9.17) is 18.1 Å². The Hall–Kier alpha value is 0.769. The Morgan fingerprint density at radius 1 is 1.21 bits per heavy atom. The summed E-state index contributed by atoms with van der Waals surface area (Å²) in [6, 6.07) is 9.51. The van der Waals surface area contributed by atoms with Gasteiger partial charge in [-0.3, -0.25) is 0 Å². The van der Waals surface area contributed by atoms with Gasteiger partial charge in [0.25, 0.3) is 0 Å². The van der Waals surface area contributed by atoms with Crippen molar-refractivity contribution in [2.24, 2.45) is 0 Å². The SMILES string of the molecule is [CH3][Al]([CH3])[C](=O)c1ccccc1.[Cl][Mg][Cl]. The quantitative estimate of drug-likeness (QED) is 0.744. The number of rotatable bonds is 2. The van der Waals surface area contributed by atoms with Crippen LogP contribution in [0.25, 0.3) is 0 Å². The lowest BCUT2D eigenvalue weighted by Crippen LogP contribution is -2.17. The number of carbonyl (C=O) groups is 1. The fraction of sp³-hybridized carbons (Fsp3) is 0.222. The molecule has 0 N–H and O–H groups in total. The van der Waals surface area contributed by atoms with Gasteiger partial charge in [0.05, 0.1) is 4.65 Å². The lowest BCUT2D eigenvalue weighted by molar-refractivity contribution is 0.107. The van der Waals surface area contributed by atoms with Crippen LogP contribution in [0.4, 0.5) is 0 Å². The van der Waals surface area contributed by atoms with E-state index in [1.54, 1.807) is 0 Å². The van der Waals surface area contributed by atoms with E-state index in [2.05, 4.69) is 11.6 Å². The molecule has 0 atom stereocenters. The number of hydrogen-bond donors (Lipinski definition) is 0. The summed E-state index contributed by atoms with van der Waals surface area (Å²) in [5.74, 6) is 4.10. The molecule has 72 valence electrons. The highest BCUT2D eigenvalue weighted by Crippen LogP contribution is 2.01. The number of carbonyl (C=O) groups excluding carboxylic acids is 1. The number of benzene rings is 1. The molecule has 0 unspecified atom stereocenters. The van der Waals surface area contributed by atoms with Crippen molar-refractivity contribution in [3.63, 3.8) is 0 Å². The zero-order chi connectivity index (χ0) is 11.0. The third kappa shape index (κ3) is 6.29. The fourth-order valence-electron chi connectivity index (χ4n) is 0.936. The molecular weight excluding hydrogens is 246 g/mol. The first kappa shape index (κ1) is 14.8. The molecule has 1 aromatic carbocycles. The smallest absolute Gasteiger partial charge is 0.316 e. The van der Waals surface area contributed by atoms with Crippen LogP contribution >= 0.6 is 18.1 Å². The fourth-order valence-corrected chi connectivity index (χ4v) is 1.79. The highest BCUT2D eigenvalue weighted by atomic mass is 35.6. The predicted octanol–water partition coefficient (Wildman–Crippen LogP) is 3.16. The molecule has 1 rings (SSSR count). The van der Waals surface area contributed by atoms with Crippen LogP contribution in [0, 0.1) is 0 Å². The van der Waals surface area contributed by atoms with Crippen LogP contribution < -0.4 is 0 Å². The molecular formula is C9H11AlCl2MgO. The highest BCUT2D eigenvalue weighted by Gasteiger charge is 2.14. The standard InChI is InChI=1S/C7H5O.2CH3.Al.2ClH.Mg/c8-6-7-4-2-1-3-5-7;;;;;;/h1-5H;2*1H3;;2*1H;/q;;;;;;+2/p-2. The summed E-state index contributed by atoms with van der Waals surface area (Å²) in [5, 5.41) is 0. The van der Waals surface area contributed by atoms with Gasteiger partial charge in [0.1, 0.15) is 0 Å². The summed E-state index contributed by atoms with van der Waals surface area (Å²) in [6.45, 7) is 0. The van der Waals surface area contributed by atoms with E-state index in [-0.39, 0.29) is 0 Å². The van der Waals surface area contributed by atoms with Crippen LogP contribution in [0.1, 0.15) is 10.4 Å². The monoisotopic (exact) mass is 256 g/mol. The Morgan fingerprint density at radius 2 is 1.64 bits per heavy atom. The molecule has 0 aliphatic heterocycles. The van der Waals surface area contributed by atoms with Crippen molar-refractivity contribution in [3.8, 4) is 0 Å². The minimum atomic E-state index is -1.13. The van der Waals surface area contributed by atoms with E-state index in [9.17, 15) is 4.79 Å². The Balaban J connectivity index is 0.000000500. The third-order valence-electron chi connectivity index (χ3n) is 1.58. The van der Waals surface area contributed by atoms with Crippen molar-refractivity contribution in [2.75, 3.05) is 0 Å². The van der Waals surface area contributed by atoms with Gasteiger partial charge >= 0.3 is 32.3 Å². The average molecular weight is 257 g/mol. The lowest BCUT2D eigenvalue weighted by Gasteiger charge is -1.98. The van der Waals surface area contributed by atoms with Gasteiger partial charge in [-0.25, -0.2) is 0 Å². The summed E-state index contributed by atoms with van der Waals surface area (Å²) in [7, 11) is 9.81. The van der Waals surface area contributed by atoms with Crippen LogP contribution in [0.2, 0.25) is 11.6 Å².